The van der Waals surface area contributed by atoms with Gasteiger partial charge in [-0.1, -0.05) is 25.1 Å². The monoisotopic (exact) mass is 227 g/mol. The molecule has 0 spiro atoms. The van der Waals surface area contributed by atoms with Gasteiger partial charge in [-0.15, -0.1) is 0 Å². The quantitative estimate of drug-likeness (QED) is 0.828. The number of rotatable bonds is 5. The minimum absolute atomic E-state index is 0.220. The van der Waals surface area contributed by atoms with Gasteiger partial charge < -0.3 is 10.5 Å². The standard InChI is InChI=1S/C11H17NO2S/c1-3-15(13)8-10(12)9-6-4-5-7-11(9)14-2/h4-7,10H,3,8,12H2,1-2H3. The SMILES string of the molecule is CCS(=O)CC(N)c1ccccc1OC. The molecule has 15 heavy (non-hydrogen) atoms. The molecule has 0 fully saturated rings. The molecule has 0 amide bonds. The Morgan fingerprint density at radius 2 is 2.13 bits per heavy atom. The molecule has 0 radical (unpaired) electrons. The molecule has 0 saturated carbocycles. The van der Waals surface area contributed by atoms with Gasteiger partial charge in [-0.25, -0.2) is 0 Å². The summed E-state index contributed by atoms with van der Waals surface area (Å²) in [7, 11) is 0.765. The largest absolute Gasteiger partial charge is 0.496 e. The van der Waals surface area contributed by atoms with Gasteiger partial charge in [0.05, 0.1) is 7.11 Å². The zero-order valence-corrected chi connectivity index (χ0v) is 9.92. The smallest absolute Gasteiger partial charge is 0.123 e. The predicted molar refractivity (Wildman–Crippen MR) is 63.5 cm³/mol. The van der Waals surface area contributed by atoms with E-state index in [0.29, 0.717) is 11.5 Å². The molecular weight excluding hydrogens is 210 g/mol. The zero-order chi connectivity index (χ0) is 11.3. The van der Waals surface area contributed by atoms with Gasteiger partial charge in [-0.2, -0.15) is 0 Å². The van der Waals surface area contributed by atoms with Crippen LogP contribution in [0.4, 0.5) is 0 Å². The molecule has 0 saturated heterocycles. The first-order chi connectivity index (χ1) is 7.19. The van der Waals surface area contributed by atoms with Gasteiger partial charge in [-0.3, -0.25) is 4.21 Å². The summed E-state index contributed by atoms with van der Waals surface area (Å²) in [6.45, 7) is 1.89. The lowest BCUT2D eigenvalue weighted by Gasteiger charge is -2.14. The highest BCUT2D eigenvalue weighted by Gasteiger charge is 2.13. The third-order valence-corrected chi connectivity index (χ3v) is 3.60. The van der Waals surface area contributed by atoms with Crippen molar-refractivity contribution >= 4 is 10.8 Å². The molecule has 4 heteroatoms. The van der Waals surface area contributed by atoms with Gasteiger partial charge >= 0.3 is 0 Å². The van der Waals surface area contributed by atoms with Crippen molar-refractivity contribution in [3.63, 3.8) is 0 Å². The fraction of sp³-hybridized carbons (Fsp3) is 0.455. The van der Waals surface area contributed by atoms with E-state index in [0.717, 1.165) is 11.3 Å². The van der Waals surface area contributed by atoms with Gasteiger partial charge in [0.15, 0.2) is 0 Å². The van der Waals surface area contributed by atoms with Crippen LogP contribution < -0.4 is 10.5 Å². The maximum absolute atomic E-state index is 11.4. The van der Waals surface area contributed by atoms with Crippen LogP contribution in [-0.4, -0.2) is 22.8 Å². The first-order valence-electron chi connectivity index (χ1n) is 4.92. The van der Waals surface area contributed by atoms with Gasteiger partial charge in [0.2, 0.25) is 0 Å². The summed E-state index contributed by atoms with van der Waals surface area (Å²) >= 11 is 0. The third-order valence-electron chi connectivity index (χ3n) is 2.23. The van der Waals surface area contributed by atoms with Gasteiger partial charge in [0, 0.05) is 33.9 Å². The van der Waals surface area contributed by atoms with Crippen molar-refractivity contribution in [1.82, 2.24) is 0 Å². The van der Waals surface area contributed by atoms with Gasteiger partial charge in [0.1, 0.15) is 5.75 Å². The second-order valence-electron chi connectivity index (χ2n) is 3.24. The van der Waals surface area contributed by atoms with Crippen LogP contribution in [0.2, 0.25) is 0 Å². The van der Waals surface area contributed by atoms with E-state index in [2.05, 4.69) is 0 Å². The summed E-state index contributed by atoms with van der Waals surface area (Å²) in [5.74, 6) is 1.89. The first-order valence-corrected chi connectivity index (χ1v) is 6.41. The number of benzene rings is 1. The number of para-hydroxylation sites is 1. The van der Waals surface area contributed by atoms with Crippen LogP contribution in [0, 0.1) is 0 Å². The highest BCUT2D eigenvalue weighted by Crippen LogP contribution is 2.23. The van der Waals surface area contributed by atoms with E-state index >= 15 is 0 Å². The number of ether oxygens (including phenoxy) is 1. The summed E-state index contributed by atoms with van der Waals surface area (Å²) in [6.07, 6.45) is 0. The lowest BCUT2D eigenvalue weighted by atomic mass is 10.1. The van der Waals surface area contributed by atoms with E-state index in [1.807, 2.05) is 31.2 Å². The Hall–Kier alpha value is -0.870. The molecule has 2 atom stereocenters. The van der Waals surface area contributed by atoms with Crippen molar-refractivity contribution in [3.05, 3.63) is 29.8 Å². The predicted octanol–water partition coefficient (Wildman–Crippen LogP) is 1.46. The number of hydrogen-bond donors (Lipinski definition) is 1. The molecule has 84 valence electrons. The minimum Gasteiger partial charge on any atom is -0.496 e. The molecule has 2 unspecified atom stereocenters. The van der Waals surface area contributed by atoms with Crippen molar-refractivity contribution in [1.29, 1.82) is 0 Å². The van der Waals surface area contributed by atoms with E-state index in [1.165, 1.54) is 0 Å². The molecular formula is C11H17NO2S. The van der Waals surface area contributed by atoms with E-state index in [9.17, 15) is 4.21 Å². The van der Waals surface area contributed by atoms with Crippen LogP contribution in [0.3, 0.4) is 0 Å². The number of hydrogen-bond acceptors (Lipinski definition) is 3. The second-order valence-corrected chi connectivity index (χ2v) is 5.03. The Labute approximate surface area is 93.1 Å². The fourth-order valence-corrected chi connectivity index (χ4v) is 2.20. The zero-order valence-electron chi connectivity index (χ0n) is 9.10. The van der Waals surface area contributed by atoms with Crippen molar-refractivity contribution in [3.8, 4) is 5.75 Å². The maximum Gasteiger partial charge on any atom is 0.123 e. The summed E-state index contributed by atoms with van der Waals surface area (Å²) < 4.78 is 16.6. The molecule has 2 N–H and O–H groups in total. The summed E-state index contributed by atoms with van der Waals surface area (Å²) in [4.78, 5) is 0. The molecule has 0 bridgehead atoms. The van der Waals surface area contributed by atoms with E-state index in [4.69, 9.17) is 10.5 Å². The van der Waals surface area contributed by atoms with Crippen LogP contribution in [0.5, 0.6) is 5.75 Å². The van der Waals surface area contributed by atoms with Crippen molar-refractivity contribution in [2.45, 2.75) is 13.0 Å². The van der Waals surface area contributed by atoms with Crippen LogP contribution >= 0.6 is 0 Å². The Balaban J connectivity index is 2.80. The average Bonchev–Trinajstić information content (AvgIpc) is 2.28. The summed E-state index contributed by atoms with van der Waals surface area (Å²) in [5.41, 5.74) is 6.89. The van der Waals surface area contributed by atoms with Crippen LogP contribution in [0.25, 0.3) is 0 Å². The Bertz CT molecular complexity index is 341. The number of nitrogens with two attached hydrogens (primary N) is 1. The van der Waals surface area contributed by atoms with Crippen LogP contribution in [-0.2, 0) is 10.8 Å². The van der Waals surface area contributed by atoms with Crippen LogP contribution in [0.1, 0.15) is 18.5 Å². The topological polar surface area (TPSA) is 52.3 Å². The fourth-order valence-electron chi connectivity index (χ4n) is 1.38. The minimum atomic E-state index is -0.848. The van der Waals surface area contributed by atoms with E-state index < -0.39 is 10.8 Å². The summed E-state index contributed by atoms with van der Waals surface area (Å²) in [6, 6.07) is 7.36. The van der Waals surface area contributed by atoms with Crippen molar-refractivity contribution < 1.29 is 8.95 Å². The van der Waals surface area contributed by atoms with Gasteiger partial charge in [-0.05, 0) is 6.07 Å². The molecule has 0 aromatic heterocycles. The normalized spacial score (nSPS) is 14.6. The molecule has 0 aliphatic heterocycles. The van der Waals surface area contributed by atoms with Gasteiger partial charge in [0.25, 0.3) is 0 Å². The number of methoxy groups -OCH3 is 1. The van der Waals surface area contributed by atoms with E-state index in [1.54, 1.807) is 7.11 Å². The van der Waals surface area contributed by atoms with Crippen LogP contribution in [0.15, 0.2) is 24.3 Å². The molecule has 0 aliphatic carbocycles. The van der Waals surface area contributed by atoms with Crippen molar-refractivity contribution in [2.24, 2.45) is 5.73 Å². The molecule has 3 nitrogen and oxygen atoms in total. The highest BCUT2D eigenvalue weighted by molar-refractivity contribution is 7.84. The Morgan fingerprint density at radius 3 is 2.73 bits per heavy atom. The molecule has 1 rings (SSSR count). The first kappa shape index (κ1) is 12.2. The highest BCUT2D eigenvalue weighted by atomic mass is 32.2. The lowest BCUT2D eigenvalue weighted by Crippen LogP contribution is -2.19. The molecule has 0 heterocycles. The Kier molecular flexibility index (Phi) is 4.78. The second kappa shape index (κ2) is 5.88. The third kappa shape index (κ3) is 3.32. The average molecular weight is 227 g/mol. The molecule has 0 aliphatic rings. The summed E-state index contributed by atoms with van der Waals surface area (Å²) in [5, 5.41) is 0. The van der Waals surface area contributed by atoms with Crippen molar-refractivity contribution in [2.75, 3.05) is 18.6 Å². The lowest BCUT2D eigenvalue weighted by molar-refractivity contribution is 0.407. The van der Waals surface area contributed by atoms with E-state index in [-0.39, 0.29) is 6.04 Å². The Morgan fingerprint density at radius 1 is 1.47 bits per heavy atom. The molecule has 1 aromatic carbocycles. The maximum atomic E-state index is 11.4. The molecule has 1 aromatic rings.